The molecule has 0 saturated carbocycles. The standard InChI is InChI=1S/C11H17N3O2S/c1-7-4-13-9(5-12-7)11(16)14-8(2)10(6-15)17-3/h4-5,8,10,15H,6H2,1-3H3,(H,14,16). The van der Waals surface area contributed by atoms with Gasteiger partial charge in [0, 0.05) is 17.5 Å². The zero-order valence-corrected chi connectivity index (χ0v) is 11.0. The highest BCUT2D eigenvalue weighted by Gasteiger charge is 2.18. The Balaban J connectivity index is 2.62. The quantitative estimate of drug-likeness (QED) is 0.807. The number of hydrogen-bond acceptors (Lipinski definition) is 5. The van der Waals surface area contributed by atoms with Crippen molar-refractivity contribution in [3.63, 3.8) is 0 Å². The number of rotatable bonds is 5. The smallest absolute Gasteiger partial charge is 0.271 e. The number of carbonyl (C=O) groups excluding carboxylic acids is 1. The van der Waals surface area contributed by atoms with Crippen LogP contribution in [0.15, 0.2) is 12.4 Å². The van der Waals surface area contributed by atoms with Crippen molar-refractivity contribution in [3.05, 3.63) is 23.8 Å². The van der Waals surface area contributed by atoms with Crippen LogP contribution < -0.4 is 5.32 Å². The van der Waals surface area contributed by atoms with Crippen LogP contribution in [-0.4, -0.2) is 45.1 Å². The molecule has 2 N–H and O–H groups in total. The third kappa shape index (κ3) is 3.98. The first-order chi connectivity index (χ1) is 8.08. The van der Waals surface area contributed by atoms with E-state index in [2.05, 4.69) is 15.3 Å². The van der Waals surface area contributed by atoms with Gasteiger partial charge >= 0.3 is 0 Å². The Kier molecular flexibility index (Phi) is 5.37. The lowest BCUT2D eigenvalue weighted by molar-refractivity contribution is 0.0930. The molecule has 0 saturated heterocycles. The van der Waals surface area contributed by atoms with E-state index in [0.717, 1.165) is 5.69 Å². The number of aryl methyl sites for hydroxylation is 1. The number of amides is 1. The number of nitrogens with zero attached hydrogens (tertiary/aromatic N) is 2. The van der Waals surface area contributed by atoms with Crippen LogP contribution in [0.3, 0.4) is 0 Å². The summed E-state index contributed by atoms with van der Waals surface area (Å²) in [6.07, 6.45) is 4.90. The Bertz CT molecular complexity index is 365. The van der Waals surface area contributed by atoms with Crippen molar-refractivity contribution in [2.45, 2.75) is 25.1 Å². The van der Waals surface area contributed by atoms with E-state index in [4.69, 9.17) is 5.11 Å². The van der Waals surface area contributed by atoms with Crippen LogP contribution in [0.25, 0.3) is 0 Å². The van der Waals surface area contributed by atoms with Gasteiger partial charge in [-0.2, -0.15) is 11.8 Å². The van der Waals surface area contributed by atoms with Gasteiger partial charge in [0.2, 0.25) is 0 Å². The maximum Gasteiger partial charge on any atom is 0.271 e. The molecule has 0 bridgehead atoms. The molecule has 6 heteroatoms. The molecule has 94 valence electrons. The van der Waals surface area contributed by atoms with Crippen molar-refractivity contribution in [3.8, 4) is 0 Å². The Morgan fingerprint density at radius 1 is 1.53 bits per heavy atom. The van der Waals surface area contributed by atoms with E-state index >= 15 is 0 Å². The Labute approximate surface area is 105 Å². The van der Waals surface area contributed by atoms with Gasteiger partial charge in [0.1, 0.15) is 5.69 Å². The predicted molar refractivity (Wildman–Crippen MR) is 68.1 cm³/mol. The average Bonchev–Trinajstić information content (AvgIpc) is 2.31. The second-order valence-electron chi connectivity index (χ2n) is 3.76. The van der Waals surface area contributed by atoms with Crippen LogP contribution in [0.4, 0.5) is 0 Å². The van der Waals surface area contributed by atoms with Crippen LogP contribution >= 0.6 is 11.8 Å². The third-order valence-corrected chi connectivity index (χ3v) is 3.58. The van der Waals surface area contributed by atoms with Crippen molar-refractivity contribution in [2.24, 2.45) is 0 Å². The maximum atomic E-state index is 11.8. The molecule has 0 aliphatic carbocycles. The van der Waals surface area contributed by atoms with Crippen LogP contribution in [-0.2, 0) is 0 Å². The highest BCUT2D eigenvalue weighted by Crippen LogP contribution is 2.10. The lowest BCUT2D eigenvalue weighted by atomic mass is 10.2. The lowest BCUT2D eigenvalue weighted by Crippen LogP contribution is -2.41. The normalized spacial score (nSPS) is 14.1. The Hall–Kier alpha value is -1.14. The first-order valence-corrected chi connectivity index (χ1v) is 6.60. The number of aliphatic hydroxyl groups excluding tert-OH is 1. The molecule has 1 amide bonds. The van der Waals surface area contributed by atoms with E-state index in [1.165, 1.54) is 18.0 Å². The van der Waals surface area contributed by atoms with Crippen LogP contribution in [0.2, 0.25) is 0 Å². The number of hydrogen-bond donors (Lipinski definition) is 2. The minimum atomic E-state index is -0.266. The fraction of sp³-hybridized carbons (Fsp3) is 0.545. The number of nitrogens with one attached hydrogen (secondary N) is 1. The zero-order chi connectivity index (χ0) is 12.8. The summed E-state index contributed by atoms with van der Waals surface area (Å²) in [5.74, 6) is -0.266. The summed E-state index contributed by atoms with van der Waals surface area (Å²) in [7, 11) is 0. The SMILES string of the molecule is CSC(CO)C(C)NC(=O)c1cnc(C)cn1. The fourth-order valence-electron chi connectivity index (χ4n) is 1.32. The van der Waals surface area contributed by atoms with E-state index in [1.807, 2.05) is 20.1 Å². The summed E-state index contributed by atoms with van der Waals surface area (Å²) >= 11 is 1.52. The first-order valence-electron chi connectivity index (χ1n) is 5.31. The Morgan fingerprint density at radius 3 is 2.71 bits per heavy atom. The molecule has 2 atom stereocenters. The molecule has 2 unspecified atom stereocenters. The number of aliphatic hydroxyl groups is 1. The number of thioether (sulfide) groups is 1. The molecule has 1 aromatic heterocycles. The molecular weight excluding hydrogens is 238 g/mol. The zero-order valence-electron chi connectivity index (χ0n) is 10.2. The van der Waals surface area contributed by atoms with Crippen molar-refractivity contribution in [1.82, 2.24) is 15.3 Å². The van der Waals surface area contributed by atoms with Gasteiger partial charge in [0.15, 0.2) is 0 Å². The van der Waals surface area contributed by atoms with Crippen molar-refractivity contribution in [2.75, 3.05) is 12.9 Å². The summed E-state index contributed by atoms with van der Waals surface area (Å²) in [5.41, 5.74) is 1.06. The molecule has 0 fully saturated rings. The summed E-state index contributed by atoms with van der Waals surface area (Å²) in [4.78, 5) is 19.8. The van der Waals surface area contributed by atoms with Crippen LogP contribution in [0.1, 0.15) is 23.1 Å². The van der Waals surface area contributed by atoms with Gasteiger partial charge < -0.3 is 10.4 Å². The number of aromatic nitrogens is 2. The van der Waals surface area contributed by atoms with E-state index in [1.54, 1.807) is 6.20 Å². The van der Waals surface area contributed by atoms with Crippen molar-refractivity contribution in [1.29, 1.82) is 0 Å². The highest BCUT2D eigenvalue weighted by molar-refractivity contribution is 7.99. The van der Waals surface area contributed by atoms with Gasteiger partial charge in [0.05, 0.1) is 18.5 Å². The van der Waals surface area contributed by atoms with Crippen molar-refractivity contribution < 1.29 is 9.90 Å². The number of carbonyl (C=O) groups is 1. The maximum absolute atomic E-state index is 11.8. The molecule has 1 heterocycles. The minimum Gasteiger partial charge on any atom is -0.395 e. The highest BCUT2D eigenvalue weighted by atomic mass is 32.2. The van der Waals surface area contributed by atoms with Gasteiger partial charge in [0.25, 0.3) is 5.91 Å². The minimum absolute atomic E-state index is 0.0163. The second-order valence-corrected chi connectivity index (χ2v) is 4.84. The molecule has 17 heavy (non-hydrogen) atoms. The van der Waals surface area contributed by atoms with E-state index in [-0.39, 0.29) is 23.8 Å². The summed E-state index contributed by atoms with van der Waals surface area (Å²) in [6, 6.07) is -0.120. The molecule has 1 rings (SSSR count). The van der Waals surface area contributed by atoms with Gasteiger partial charge in [-0.1, -0.05) is 0 Å². The van der Waals surface area contributed by atoms with Gasteiger partial charge in [-0.25, -0.2) is 4.98 Å². The van der Waals surface area contributed by atoms with E-state index in [0.29, 0.717) is 5.69 Å². The van der Waals surface area contributed by atoms with Crippen LogP contribution in [0.5, 0.6) is 0 Å². The summed E-state index contributed by atoms with van der Waals surface area (Å²) in [6.45, 7) is 3.70. The van der Waals surface area contributed by atoms with Gasteiger partial charge in [-0.3, -0.25) is 9.78 Å². The molecule has 0 spiro atoms. The molecule has 1 aromatic rings. The molecule has 5 nitrogen and oxygen atoms in total. The van der Waals surface area contributed by atoms with Gasteiger partial charge in [-0.05, 0) is 20.1 Å². The monoisotopic (exact) mass is 255 g/mol. The van der Waals surface area contributed by atoms with E-state index < -0.39 is 0 Å². The van der Waals surface area contributed by atoms with Gasteiger partial charge in [-0.15, -0.1) is 0 Å². The molecule has 0 aromatic carbocycles. The van der Waals surface area contributed by atoms with Crippen LogP contribution in [0, 0.1) is 6.92 Å². The Morgan fingerprint density at radius 2 is 2.24 bits per heavy atom. The summed E-state index contributed by atoms with van der Waals surface area (Å²) < 4.78 is 0. The lowest BCUT2D eigenvalue weighted by Gasteiger charge is -2.20. The van der Waals surface area contributed by atoms with E-state index in [9.17, 15) is 4.79 Å². The molecule has 0 radical (unpaired) electrons. The molecule has 0 aliphatic rings. The topological polar surface area (TPSA) is 75.1 Å². The fourth-order valence-corrected chi connectivity index (χ4v) is 1.95. The molecular formula is C11H17N3O2S. The third-order valence-electron chi connectivity index (χ3n) is 2.41. The molecule has 0 aliphatic heterocycles. The predicted octanol–water partition coefficient (Wildman–Crippen LogP) is 0.627. The second kappa shape index (κ2) is 6.56. The summed E-state index contributed by atoms with van der Waals surface area (Å²) in [5, 5.41) is 11.9. The average molecular weight is 255 g/mol. The first kappa shape index (κ1) is 13.9. The van der Waals surface area contributed by atoms with Crippen molar-refractivity contribution >= 4 is 17.7 Å². The largest absolute Gasteiger partial charge is 0.395 e.